The first-order chi connectivity index (χ1) is 14.9. The Hall–Kier alpha value is -3.42. The van der Waals surface area contributed by atoms with Gasteiger partial charge in [0.2, 0.25) is 0 Å². The van der Waals surface area contributed by atoms with Crippen LogP contribution in [-0.4, -0.2) is 17.5 Å². The minimum Gasteiger partial charge on any atom is -0.459 e. The Bertz CT molecular complexity index is 1290. The fourth-order valence-electron chi connectivity index (χ4n) is 2.96. The van der Waals surface area contributed by atoms with Gasteiger partial charge in [0, 0.05) is 15.8 Å². The highest BCUT2D eigenvalue weighted by atomic mass is 35.5. The molecule has 156 valence electrons. The highest BCUT2D eigenvalue weighted by Gasteiger charge is 2.17. The van der Waals surface area contributed by atoms with Crippen molar-refractivity contribution in [3.63, 3.8) is 0 Å². The van der Waals surface area contributed by atoms with Gasteiger partial charge in [-0.2, -0.15) is 5.10 Å². The number of hydrogen-bond donors (Lipinski definition) is 2. The summed E-state index contributed by atoms with van der Waals surface area (Å²) >= 11 is 7.73. The van der Waals surface area contributed by atoms with Crippen LogP contribution in [0.3, 0.4) is 0 Å². The van der Waals surface area contributed by atoms with E-state index in [9.17, 15) is 9.59 Å². The molecule has 2 heterocycles. The summed E-state index contributed by atoms with van der Waals surface area (Å²) in [6, 6.07) is 16.2. The third-order valence-electron chi connectivity index (χ3n) is 4.62. The Morgan fingerprint density at radius 3 is 2.55 bits per heavy atom. The SMILES string of the molecule is C/C(=N\NC(=O)c1sc2cc(C)ccc2c1Cl)c1ccc(NC(=O)c2ccco2)cc1. The zero-order chi connectivity index (χ0) is 22.0. The minimum absolute atomic E-state index is 0.236. The summed E-state index contributed by atoms with van der Waals surface area (Å²) < 4.78 is 6.03. The van der Waals surface area contributed by atoms with Crippen LogP contribution in [0.1, 0.15) is 38.3 Å². The number of carbonyl (C=O) groups excluding carboxylic acids is 2. The molecule has 8 heteroatoms. The molecule has 0 spiro atoms. The Morgan fingerprint density at radius 2 is 1.84 bits per heavy atom. The van der Waals surface area contributed by atoms with E-state index in [4.69, 9.17) is 16.0 Å². The molecule has 2 aromatic heterocycles. The van der Waals surface area contributed by atoms with E-state index < -0.39 is 0 Å². The second kappa shape index (κ2) is 8.75. The van der Waals surface area contributed by atoms with Gasteiger partial charge < -0.3 is 9.73 Å². The Labute approximate surface area is 187 Å². The first-order valence-electron chi connectivity index (χ1n) is 9.41. The Kier molecular flexibility index (Phi) is 5.88. The van der Waals surface area contributed by atoms with E-state index in [1.165, 1.54) is 17.6 Å². The number of anilines is 1. The maximum absolute atomic E-state index is 12.6. The summed E-state index contributed by atoms with van der Waals surface area (Å²) in [5, 5.41) is 8.23. The van der Waals surface area contributed by atoms with E-state index in [0.717, 1.165) is 21.2 Å². The lowest BCUT2D eigenvalue weighted by Gasteiger charge is -2.06. The Morgan fingerprint density at radius 1 is 1.06 bits per heavy atom. The third kappa shape index (κ3) is 4.52. The van der Waals surface area contributed by atoms with E-state index in [0.29, 0.717) is 21.3 Å². The molecule has 0 aliphatic carbocycles. The van der Waals surface area contributed by atoms with E-state index in [2.05, 4.69) is 15.8 Å². The number of furan rings is 1. The lowest BCUT2D eigenvalue weighted by atomic mass is 10.1. The van der Waals surface area contributed by atoms with Crippen molar-refractivity contribution in [3.05, 3.63) is 87.6 Å². The van der Waals surface area contributed by atoms with Crippen LogP contribution in [0.2, 0.25) is 5.02 Å². The third-order valence-corrected chi connectivity index (χ3v) is 6.28. The molecule has 0 fully saturated rings. The highest BCUT2D eigenvalue weighted by Crippen LogP contribution is 2.35. The molecule has 0 radical (unpaired) electrons. The van der Waals surface area contributed by atoms with Crippen LogP contribution in [-0.2, 0) is 0 Å². The molecule has 0 bridgehead atoms. The van der Waals surface area contributed by atoms with Gasteiger partial charge in [0.05, 0.1) is 17.0 Å². The standard InChI is InChI=1S/C23H18ClN3O3S/c1-13-5-10-17-19(12-13)31-21(20(17)24)23(29)27-26-14(2)15-6-8-16(9-7-15)25-22(28)18-4-3-11-30-18/h3-12H,1-2H3,(H,25,28)(H,27,29)/b26-14+. The highest BCUT2D eigenvalue weighted by molar-refractivity contribution is 7.21. The average Bonchev–Trinajstić information content (AvgIpc) is 3.41. The second-order valence-corrected chi connectivity index (χ2v) is 8.32. The summed E-state index contributed by atoms with van der Waals surface area (Å²) in [6.45, 7) is 3.78. The quantitative estimate of drug-likeness (QED) is 0.294. The number of fused-ring (bicyclic) bond motifs is 1. The maximum Gasteiger partial charge on any atom is 0.291 e. The maximum atomic E-state index is 12.6. The lowest BCUT2D eigenvalue weighted by molar-refractivity contribution is 0.0957. The van der Waals surface area contributed by atoms with Crippen molar-refractivity contribution >= 4 is 56.2 Å². The summed E-state index contributed by atoms with van der Waals surface area (Å²) in [5.74, 6) is -0.448. The fraction of sp³-hybridized carbons (Fsp3) is 0.0870. The van der Waals surface area contributed by atoms with Crippen LogP contribution in [0, 0.1) is 6.92 Å². The second-order valence-electron chi connectivity index (χ2n) is 6.89. The smallest absolute Gasteiger partial charge is 0.291 e. The van der Waals surface area contributed by atoms with Gasteiger partial charge in [-0.25, -0.2) is 5.43 Å². The summed E-state index contributed by atoms with van der Waals surface area (Å²) in [7, 11) is 0. The number of rotatable bonds is 5. The Balaban J connectivity index is 1.44. The van der Waals surface area contributed by atoms with E-state index >= 15 is 0 Å². The van der Waals surface area contributed by atoms with Crippen molar-refractivity contribution in [1.82, 2.24) is 5.43 Å². The van der Waals surface area contributed by atoms with Crippen molar-refractivity contribution in [3.8, 4) is 0 Å². The van der Waals surface area contributed by atoms with Gasteiger partial charge in [-0.15, -0.1) is 11.3 Å². The van der Waals surface area contributed by atoms with Crippen LogP contribution in [0.5, 0.6) is 0 Å². The zero-order valence-corrected chi connectivity index (χ0v) is 18.3. The molecule has 0 aliphatic heterocycles. The number of hydrogen-bond acceptors (Lipinski definition) is 5. The van der Waals surface area contributed by atoms with Crippen LogP contribution >= 0.6 is 22.9 Å². The molecule has 31 heavy (non-hydrogen) atoms. The largest absolute Gasteiger partial charge is 0.459 e. The first-order valence-corrected chi connectivity index (χ1v) is 10.6. The normalized spacial score (nSPS) is 11.5. The molecule has 0 unspecified atom stereocenters. The monoisotopic (exact) mass is 451 g/mol. The molecule has 2 aromatic carbocycles. The molecule has 6 nitrogen and oxygen atoms in total. The van der Waals surface area contributed by atoms with Crippen LogP contribution in [0.25, 0.3) is 10.1 Å². The van der Waals surface area contributed by atoms with Crippen LogP contribution < -0.4 is 10.7 Å². The van der Waals surface area contributed by atoms with Gasteiger partial charge in [-0.05, 0) is 55.3 Å². The average molecular weight is 452 g/mol. The molecular formula is C23H18ClN3O3S. The number of amides is 2. The van der Waals surface area contributed by atoms with Crippen molar-refractivity contribution < 1.29 is 14.0 Å². The van der Waals surface area contributed by atoms with Crippen LogP contribution in [0.15, 0.2) is 70.4 Å². The predicted octanol–water partition coefficient (Wildman–Crippen LogP) is 5.86. The number of benzene rings is 2. The molecule has 2 N–H and O–H groups in total. The predicted molar refractivity (Wildman–Crippen MR) is 124 cm³/mol. The molecule has 2 amide bonds. The van der Waals surface area contributed by atoms with Gasteiger partial charge in [0.1, 0.15) is 4.88 Å². The van der Waals surface area contributed by atoms with Gasteiger partial charge >= 0.3 is 0 Å². The summed E-state index contributed by atoms with van der Waals surface area (Å²) in [5.41, 5.74) is 5.71. The van der Waals surface area contributed by atoms with Gasteiger partial charge in [0.25, 0.3) is 11.8 Å². The molecule has 0 aliphatic rings. The fourth-order valence-corrected chi connectivity index (χ4v) is 4.47. The first kappa shape index (κ1) is 20.8. The van der Waals surface area contributed by atoms with E-state index in [1.54, 1.807) is 43.3 Å². The molecule has 4 aromatic rings. The molecular weight excluding hydrogens is 434 g/mol. The van der Waals surface area contributed by atoms with Gasteiger partial charge in [-0.3, -0.25) is 9.59 Å². The van der Waals surface area contributed by atoms with Crippen molar-refractivity contribution in [2.24, 2.45) is 5.10 Å². The van der Waals surface area contributed by atoms with Crippen molar-refractivity contribution in [2.75, 3.05) is 5.32 Å². The van der Waals surface area contributed by atoms with Gasteiger partial charge in [0.15, 0.2) is 5.76 Å². The van der Waals surface area contributed by atoms with E-state index in [-0.39, 0.29) is 17.6 Å². The molecule has 0 saturated heterocycles. The molecule has 4 rings (SSSR count). The molecule has 0 saturated carbocycles. The molecule has 0 atom stereocenters. The number of nitrogens with one attached hydrogen (secondary N) is 2. The van der Waals surface area contributed by atoms with Crippen molar-refractivity contribution in [2.45, 2.75) is 13.8 Å². The number of halogens is 1. The number of nitrogens with zero attached hydrogens (tertiary/aromatic N) is 1. The van der Waals surface area contributed by atoms with Crippen LogP contribution in [0.4, 0.5) is 5.69 Å². The summed E-state index contributed by atoms with van der Waals surface area (Å²) in [6.07, 6.45) is 1.44. The number of thiophene rings is 1. The number of carbonyl (C=O) groups is 2. The number of hydrazone groups is 1. The number of aryl methyl sites for hydroxylation is 1. The minimum atomic E-state index is -0.356. The summed E-state index contributed by atoms with van der Waals surface area (Å²) in [4.78, 5) is 25.1. The zero-order valence-electron chi connectivity index (χ0n) is 16.7. The van der Waals surface area contributed by atoms with Crippen molar-refractivity contribution in [1.29, 1.82) is 0 Å². The van der Waals surface area contributed by atoms with Gasteiger partial charge in [-0.1, -0.05) is 35.9 Å². The van der Waals surface area contributed by atoms with E-state index in [1.807, 2.05) is 25.1 Å². The lowest BCUT2D eigenvalue weighted by Crippen LogP contribution is -2.18. The topological polar surface area (TPSA) is 83.7 Å².